The van der Waals surface area contributed by atoms with Crippen molar-refractivity contribution in [3.05, 3.63) is 53.2 Å². The van der Waals surface area contributed by atoms with Crippen LogP contribution in [-0.4, -0.2) is 36.6 Å². The number of likely N-dealkylation sites (tertiary alicyclic amines) is 1. The van der Waals surface area contributed by atoms with Crippen LogP contribution >= 0.6 is 0 Å². The fraction of sp³-hybridized carbons (Fsp3) is 0.400. The Labute approximate surface area is 161 Å². The Morgan fingerprint density at radius 3 is 3.07 bits per heavy atom. The molecule has 8 heteroatoms. The number of benzene rings is 1. The zero-order chi connectivity index (χ0) is 19.5. The number of nitrogens with one attached hydrogen (secondary N) is 1. The van der Waals surface area contributed by atoms with Gasteiger partial charge in [-0.25, -0.2) is 4.39 Å². The molecule has 7 nitrogen and oxygen atoms in total. The van der Waals surface area contributed by atoms with Crippen LogP contribution in [0.4, 0.5) is 4.39 Å². The van der Waals surface area contributed by atoms with Crippen LogP contribution in [0, 0.1) is 11.7 Å². The molecule has 1 saturated heterocycles. The topological polar surface area (TPSA) is 81.0 Å². The number of carbonyl (C=O) groups excluding carboxylic acids is 2. The molecule has 2 aromatic rings. The minimum Gasteiger partial charge on any atom is -0.467 e. The number of rotatable bonds is 6. The van der Waals surface area contributed by atoms with Gasteiger partial charge in [-0.1, -0.05) is 0 Å². The first-order valence-electron chi connectivity index (χ1n) is 9.20. The molecule has 1 atom stereocenters. The molecule has 2 aliphatic heterocycles. The number of ether oxygens (including phenoxy) is 2. The second-order valence-electron chi connectivity index (χ2n) is 6.96. The van der Waals surface area contributed by atoms with Crippen LogP contribution in [0.5, 0.6) is 5.75 Å². The van der Waals surface area contributed by atoms with Gasteiger partial charge in [0.1, 0.15) is 17.3 Å². The van der Waals surface area contributed by atoms with Gasteiger partial charge in [0.2, 0.25) is 11.8 Å². The lowest BCUT2D eigenvalue weighted by Crippen LogP contribution is -2.34. The molecule has 0 radical (unpaired) electrons. The van der Waals surface area contributed by atoms with E-state index in [0.717, 1.165) is 0 Å². The Morgan fingerprint density at radius 1 is 1.36 bits per heavy atom. The van der Waals surface area contributed by atoms with E-state index in [0.29, 0.717) is 55.3 Å². The van der Waals surface area contributed by atoms with Crippen LogP contribution in [0.1, 0.15) is 23.3 Å². The van der Waals surface area contributed by atoms with E-state index in [9.17, 15) is 14.0 Å². The molecule has 1 fully saturated rings. The molecule has 3 heterocycles. The quantitative estimate of drug-likeness (QED) is 0.819. The standard InChI is InChI=1S/C20H21FN2O5/c21-16-6-13(19-15(7-16)11-26-12-28-19)3-4-22-20(25)14-8-18(24)23(9-14)10-17-2-1-5-27-17/h1-2,5-7,14H,3-4,8-12H2,(H,22,25). The van der Waals surface area contributed by atoms with E-state index in [-0.39, 0.29) is 30.8 Å². The van der Waals surface area contributed by atoms with E-state index < -0.39 is 5.92 Å². The van der Waals surface area contributed by atoms with Crippen LogP contribution in [0.3, 0.4) is 0 Å². The third kappa shape index (κ3) is 4.01. The first-order chi connectivity index (χ1) is 13.6. The van der Waals surface area contributed by atoms with Crippen molar-refractivity contribution in [3.63, 3.8) is 0 Å². The van der Waals surface area contributed by atoms with Crippen molar-refractivity contribution in [2.45, 2.75) is 26.0 Å². The zero-order valence-corrected chi connectivity index (χ0v) is 15.3. The lowest BCUT2D eigenvalue weighted by atomic mass is 10.0. The largest absolute Gasteiger partial charge is 0.467 e. The van der Waals surface area contributed by atoms with Crippen LogP contribution < -0.4 is 10.1 Å². The lowest BCUT2D eigenvalue weighted by Gasteiger charge is -2.21. The van der Waals surface area contributed by atoms with Gasteiger partial charge in [0.25, 0.3) is 0 Å². The molecule has 1 aromatic heterocycles. The van der Waals surface area contributed by atoms with Gasteiger partial charge in [0.05, 0.1) is 25.3 Å². The maximum atomic E-state index is 13.8. The number of hydrogen-bond donors (Lipinski definition) is 1. The molecule has 4 rings (SSSR count). The third-order valence-electron chi connectivity index (χ3n) is 4.96. The summed E-state index contributed by atoms with van der Waals surface area (Å²) < 4.78 is 29.7. The maximum absolute atomic E-state index is 13.8. The number of nitrogens with zero attached hydrogens (tertiary/aromatic N) is 1. The summed E-state index contributed by atoms with van der Waals surface area (Å²) in [7, 11) is 0. The Morgan fingerprint density at radius 2 is 2.25 bits per heavy atom. The Hall–Kier alpha value is -2.87. The average Bonchev–Trinajstić information content (AvgIpc) is 3.32. The third-order valence-corrected chi connectivity index (χ3v) is 4.96. The number of fused-ring (bicyclic) bond motifs is 1. The number of carbonyl (C=O) groups is 2. The second-order valence-corrected chi connectivity index (χ2v) is 6.96. The Kier molecular flexibility index (Phi) is 5.29. The van der Waals surface area contributed by atoms with Gasteiger partial charge in [-0.3, -0.25) is 9.59 Å². The summed E-state index contributed by atoms with van der Waals surface area (Å²) in [6.07, 6.45) is 2.17. The molecular formula is C20H21FN2O5. The molecule has 2 aliphatic rings. The number of halogens is 1. The molecule has 0 bridgehead atoms. The normalized spacial score (nSPS) is 18.7. The summed E-state index contributed by atoms with van der Waals surface area (Å²) in [6.45, 7) is 1.50. The summed E-state index contributed by atoms with van der Waals surface area (Å²) in [5, 5.41) is 2.85. The van der Waals surface area contributed by atoms with Crippen molar-refractivity contribution >= 4 is 11.8 Å². The predicted octanol–water partition coefficient (Wildman–Crippen LogP) is 1.99. The number of amides is 2. The van der Waals surface area contributed by atoms with Gasteiger partial charge in [0.15, 0.2) is 6.79 Å². The highest BCUT2D eigenvalue weighted by atomic mass is 19.1. The van der Waals surface area contributed by atoms with Gasteiger partial charge < -0.3 is 24.1 Å². The monoisotopic (exact) mass is 388 g/mol. The predicted molar refractivity (Wildman–Crippen MR) is 95.6 cm³/mol. The first-order valence-corrected chi connectivity index (χ1v) is 9.20. The van der Waals surface area contributed by atoms with Gasteiger partial charge in [0, 0.05) is 25.1 Å². The van der Waals surface area contributed by atoms with Crippen molar-refractivity contribution in [3.8, 4) is 5.75 Å². The lowest BCUT2D eigenvalue weighted by molar-refractivity contribution is -0.129. The van der Waals surface area contributed by atoms with Gasteiger partial charge in [-0.2, -0.15) is 0 Å². The highest BCUT2D eigenvalue weighted by molar-refractivity contribution is 5.89. The molecule has 0 spiro atoms. The molecule has 28 heavy (non-hydrogen) atoms. The number of hydrogen-bond acceptors (Lipinski definition) is 5. The highest BCUT2D eigenvalue weighted by Crippen LogP contribution is 2.29. The average molecular weight is 388 g/mol. The van der Waals surface area contributed by atoms with E-state index in [2.05, 4.69) is 5.32 Å². The summed E-state index contributed by atoms with van der Waals surface area (Å²) in [5.41, 5.74) is 1.36. The van der Waals surface area contributed by atoms with E-state index in [1.165, 1.54) is 12.1 Å². The molecule has 0 saturated carbocycles. The SMILES string of the molecule is O=C(NCCc1cc(F)cc2c1OCOC2)C1CC(=O)N(Cc2ccco2)C1. The molecule has 1 N–H and O–H groups in total. The Balaban J connectivity index is 1.31. The molecule has 1 aromatic carbocycles. The van der Waals surface area contributed by atoms with Crippen LogP contribution in [0.2, 0.25) is 0 Å². The van der Waals surface area contributed by atoms with Crippen molar-refractivity contribution in [2.24, 2.45) is 5.92 Å². The van der Waals surface area contributed by atoms with Gasteiger partial charge in [-0.05, 0) is 36.2 Å². The van der Waals surface area contributed by atoms with Crippen molar-refractivity contribution < 1.29 is 27.9 Å². The molecule has 0 aliphatic carbocycles. The summed E-state index contributed by atoms with van der Waals surface area (Å²) in [4.78, 5) is 26.2. The molecule has 148 valence electrons. The summed E-state index contributed by atoms with van der Waals surface area (Å²) in [6, 6.07) is 6.38. The van der Waals surface area contributed by atoms with Crippen LogP contribution in [-0.2, 0) is 33.9 Å². The number of furan rings is 1. The van der Waals surface area contributed by atoms with Gasteiger partial charge >= 0.3 is 0 Å². The highest BCUT2D eigenvalue weighted by Gasteiger charge is 2.34. The minimum atomic E-state index is -0.395. The van der Waals surface area contributed by atoms with Gasteiger partial charge in [-0.15, -0.1) is 0 Å². The molecule has 1 unspecified atom stereocenters. The molecular weight excluding hydrogens is 367 g/mol. The minimum absolute atomic E-state index is 0.0656. The maximum Gasteiger partial charge on any atom is 0.225 e. The summed E-state index contributed by atoms with van der Waals surface area (Å²) in [5.74, 6) is 0.323. The van der Waals surface area contributed by atoms with E-state index in [1.807, 2.05) is 0 Å². The zero-order valence-electron chi connectivity index (χ0n) is 15.3. The van der Waals surface area contributed by atoms with Crippen molar-refractivity contribution in [1.82, 2.24) is 10.2 Å². The smallest absolute Gasteiger partial charge is 0.225 e. The Bertz CT molecular complexity index is 868. The summed E-state index contributed by atoms with van der Waals surface area (Å²) >= 11 is 0. The van der Waals surface area contributed by atoms with E-state index >= 15 is 0 Å². The van der Waals surface area contributed by atoms with E-state index in [1.54, 1.807) is 23.3 Å². The fourth-order valence-electron chi connectivity index (χ4n) is 3.60. The first kappa shape index (κ1) is 18.5. The second kappa shape index (κ2) is 8.02. The van der Waals surface area contributed by atoms with Crippen molar-refractivity contribution in [1.29, 1.82) is 0 Å². The fourth-order valence-corrected chi connectivity index (χ4v) is 3.60. The van der Waals surface area contributed by atoms with Crippen LogP contribution in [0.25, 0.3) is 0 Å². The van der Waals surface area contributed by atoms with Crippen LogP contribution in [0.15, 0.2) is 34.9 Å². The van der Waals surface area contributed by atoms with Crippen molar-refractivity contribution in [2.75, 3.05) is 19.9 Å². The molecule has 2 amide bonds. The van der Waals surface area contributed by atoms with E-state index in [4.69, 9.17) is 13.9 Å².